The molecule has 0 spiro atoms. The van der Waals surface area contributed by atoms with Gasteiger partial charge in [-0.3, -0.25) is 0 Å². The van der Waals surface area contributed by atoms with E-state index in [1.807, 2.05) is 0 Å². The monoisotopic (exact) mass is 324 g/mol. The topological polar surface area (TPSA) is 54.5 Å². The third kappa shape index (κ3) is 3.28. The van der Waals surface area contributed by atoms with E-state index in [0.29, 0.717) is 12.0 Å². The van der Waals surface area contributed by atoms with Crippen LogP contribution in [-0.4, -0.2) is 20.0 Å². The number of nitriles is 1. The van der Waals surface area contributed by atoms with Crippen LogP contribution in [0.2, 0.25) is 0 Å². The maximum atomic E-state index is 9.55. The molecule has 2 aromatic rings. The van der Waals surface area contributed by atoms with Crippen molar-refractivity contribution < 1.29 is 0 Å². The molecule has 1 aromatic heterocycles. The SMILES string of the molecule is Cc1ccc(CC(C#N)Sc2nnc(C3CC3)n2C2CC2)cc1. The minimum atomic E-state index is -0.119. The van der Waals surface area contributed by atoms with Crippen LogP contribution in [0.5, 0.6) is 0 Å². The van der Waals surface area contributed by atoms with E-state index < -0.39 is 0 Å². The fourth-order valence-corrected chi connectivity index (χ4v) is 3.87. The van der Waals surface area contributed by atoms with E-state index in [2.05, 4.69) is 52.0 Å². The van der Waals surface area contributed by atoms with E-state index in [9.17, 15) is 5.26 Å². The summed E-state index contributed by atoms with van der Waals surface area (Å²) in [4.78, 5) is 0. The first-order valence-electron chi connectivity index (χ1n) is 8.31. The second-order valence-corrected chi connectivity index (χ2v) is 7.81. The molecule has 4 nitrogen and oxygen atoms in total. The largest absolute Gasteiger partial charge is 0.303 e. The third-order valence-electron chi connectivity index (χ3n) is 4.48. The van der Waals surface area contributed by atoms with E-state index in [1.54, 1.807) is 11.8 Å². The van der Waals surface area contributed by atoms with Crippen molar-refractivity contribution in [3.05, 3.63) is 41.2 Å². The summed E-state index contributed by atoms with van der Waals surface area (Å²) in [6.07, 6.45) is 5.67. The summed E-state index contributed by atoms with van der Waals surface area (Å²) in [7, 11) is 0. The van der Waals surface area contributed by atoms with Crippen molar-refractivity contribution in [2.45, 2.75) is 61.4 Å². The number of benzene rings is 1. The number of hydrogen-bond acceptors (Lipinski definition) is 4. The van der Waals surface area contributed by atoms with Crippen LogP contribution in [0.15, 0.2) is 29.4 Å². The van der Waals surface area contributed by atoms with E-state index in [0.717, 1.165) is 17.4 Å². The molecule has 5 heteroatoms. The summed E-state index contributed by atoms with van der Waals surface area (Å²) in [5, 5.41) is 19.2. The van der Waals surface area contributed by atoms with E-state index >= 15 is 0 Å². The highest BCUT2D eigenvalue weighted by atomic mass is 32.2. The van der Waals surface area contributed by atoms with E-state index in [-0.39, 0.29) is 5.25 Å². The minimum Gasteiger partial charge on any atom is -0.303 e. The molecule has 1 aromatic carbocycles. The Labute approximate surface area is 140 Å². The summed E-state index contributed by atoms with van der Waals surface area (Å²) in [5.41, 5.74) is 2.45. The number of aromatic nitrogens is 3. The van der Waals surface area contributed by atoms with Crippen molar-refractivity contribution in [1.82, 2.24) is 14.8 Å². The molecule has 0 saturated heterocycles. The zero-order chi connectivity index (χ0) is 15.8. The van der Waals surface area contributed by atoms with E-state index in [4.69, 9.17) is 0 Å². The summed E-state index contributed by atoms with van der Waals surface area (Å²) in [5.74, 6) is 1.76. The fourth-order valence-electron chi connectivity index (χ4n) is 2.84. The zero-order valence-electron chi connectivity index (χ0n) is 13.3. The molecule has 2 aliphatic rings. The van der Waals surface area contributed by atoms with Gasteiger partial charge in [-0.05, 0) is 44.6 Å². The molecular formula is C18H20N4S. The highest BCUT2D eigenvalue weighted by Gasteiger charge is 2.36. The Morgan fingerprint density at radius 2 is 1.96 bits per heavy atom. The summed E-state index contributed by atoms with van der Waals surface area (Å²) >= 11 is 1.58. The Hall–Kier alpha value is -1.80. The first-order valence-corrected chi connectivity index (χ1v) is 9.19. The fraction of sp³-hybridized carbons (Fsp3) is 0.500. The smallest absolute Gasteiger partial charge is 0.192 e. The van der Waals surface area contributed by atoms with Crippen LogP contribution in [0.4, 0.5) is 0 Å². The standard InChI is InChI=1S/C18H20N4S/c1-12-2-4-13(5-3-12)10-16(11-19)23-18-21-20-17(14-6-7-14)22(18)15-8-9-15/h2-5,14-16H,6-10H2,1H3. The highest BCUT2D eigenvalue weighted by Crippen LogP contribution is 2.46. The van der Waals surface area contributed by atoms with E-state index in [1.165, 1.54) is 36.8 Å². The van der Waals surface area contributed by atoms with Crippen molar-refractivity contribution >= 4 is 11.8 Å². The molecule has 2 aliphatic carbocycles. The normalized spacial score (nSPS) is 18.6. The quantitative estimate of drug-likeness (QED) is 0.753. The lowest BCUT2D eigenvalue weighted by Gasteiger charge is -2.11. The van der Waals surface area contributed by atoms with Crippen molar-refractivity contribution in [3.63, 3.8) is 0 Å². The van der Waals surface area contributed by atoms with Gasteiger partial charge in [0.1, 0.15) is 11.1 Å². The lowest BCUT2D eigenvalue weighted by atomic mass is 10.1. The van der Waals surface area contributed by atoms with Crippen LogP contribution in [-0.2, 0) is 6.42 Å². The van der Waals surface area contributed by atoms with Gasteiger partial charge in [0.05, 0.1) is 6.07 Å². The summed E-state index contributed by atoms with van der Waals surface area (Å²) < 4.78 is 2.32. The molecule has 2 saturated carbocycles. The van der Waals surface area contributed by atoms with Crippen LogP contribution in [0.1, 0.15) is 54.6 Å². The summed E-state index contributed by atoms with van der Waals surface area (Å²) in [6.45, 7) is 2.08. The maximum Gasteiger partial charge on any atom is 0.192 e. The van der Waals surface area contributed by atoms with Gasteiger partial charge in [0.15, 0.2) is 5.16 Å². The average Bonchev–Trinajstić information content (AvgIpc) is 3.48. The first-order chi connectivity index (χ1) is 11.2. The molecular weight excluding hydrogens is 304 g/mol. The van der Waals surface area contributed by atoms with Gasteiger partial charge >= 0.3 is 0 Å². The van der Waals surface area contributed by atoms with Gasteiger partial charge < -0.3 is 4.57 Å². The van der Waals surface area contributed by atoms with Crippen LogP contribution in [0.25, 0.3) is 0 Å². The highest BCUT2D eigenvalue weighted by molar-refractivity contribution is 8.00. The zero-order valence-corrected chi connectivity index (χ0v) is 14.1. The van der Waals surface area contributed by atoms with Crippen LogP contribution in [0.3, 0.4) is 0 Å². The third-order valence-corrected chi connectivity index (χ3v) is 5.52. The number of thioether (sulfide) groups is 1. The molecule has 0 bridgehead atoms. The number of hydrogen-bond donors (Lipinski definition) is 0. The second-order valence-electron chi connectivity index (χ2n) is 6.64. The molecule has 1 heterocycles. The Balaban J connectivity index is 1.51. The molecule has 4 rings (SSSR count). The predicted octanol–water partition coefficient (Wildman–Crippen LogP) is 4.03. The Morgan fingerprint density at radius 1 is 1.22 bits per heavy atom. The van der Waals surface area contributed by atoms with Gasteiger partial charge in [-0.2, -0.15) is 5.26 Å². The number of aryl methyl sites for hydroxylation is 1. The molecule has 23 heavy (non-hydrogen) atoms. The van der Waals surface area contributed by atoms with Crippen LogP contribution >= 0.6 is 11.8 Å². The minimum absolute atomic E-state index is 0.119. The van der Waals surface area contributed by atoms with Crippen molar-refractivity contribution in [3.8, 4) is 6.07 Å². The van der Waals surface area contributed by atoms with Crippen molar-refractivity contribution in [2.75, 3.05) is 0 Å². The molecule has 118 valence electrons. The molecule has 2 fully saturated rings. The van der Waals surface area contributed by atoms with Crippen LogP contribution < -0.4 is 0 Å². The van der Waals surface area contributed by atoms with Crippen molar-refractivity contribution in [2.24, 2.45) is 0 Å². The van der Waals surface area contributed by atoms with Gasteiger partial charge in [0, 0.05) is 12.0 Å². The molecule has 1 unspecified atom stereocenters. The van der Waals surface area contributed by atoms with Gasteiger partial charge in [-0.25, -0.2) is 0 Å². The van der Waals surface area contributed by atoms with Crippen LogP contribution in [0, 0.1) is 18.3 Å². The molecule has 0 amide bonds. The summed E-state index contributed by atoms with van der Waals surface area (Å²) in [6, 6.07) is 11.4. The number of nitrogens with zero attached hydrogens (tertiary/aromatic N) is 4. The van der Waals surface area contributed by atoms with Gasteiger partial charge in [0.2, 0.25) is 0 Å². The van der Waals surface area contributed by atoms with Crippen molar-refractivity contribution in [1.29, 1.82) is 5.26 Å². The molecule has 1 atom stereocenters. The number of rotatable bonds is 6. The van der Waals surface area contributed by atoms with Gasteiger partial charge in [-0.1, -0.05) is 41.6 Å². The Bertz CT molecular complexity index is 735. The van der Waals surface area contributed by atoms with Gasteiger partial charge in [-0.15, -0.1) is 10.2 Å². The Morgan fingerprint density at radius 3 is 2.57 bits per heavy atom. The lowest BCUT2D eigenvalue weighted by molar-refractivity contribution is 0.626. The predicted molar refractivity (Wildman–Crippen MR) is 90.4 cm³/mol. The average molecular weight is 324 g/mol. The maximum absolute atomic E-state index is 9.55. The first kappa shape index (κ1) is 14.8. The Kier molecular flexibility index (Phi) is 3.86. The van der Waals surface area contributed by atoms with Gasteiger partial charge in [0.25, 0.3) is 0 Å². The molecule has 0 N–H and O–H groups in total. The molecule has 0 radical (unpaired) electrons. The second kappa shape index (κ2) is 6.01. The lowest BCUT2D eigenvalue weighted by Crippen LogP contribution is -2.08. The molecule has 0 aliphatic heterocycles.